The second kappa shape index (κ2) is 6.76. The van der Waals surface area contributed by atoms with E-state index in [0.29, 0.717) is 13.0 Å². The Labute approximate surface area is 130 Å². The molecule has 2 rings (SSSR count). The Bertz CT molecular complexity index is 616. The number of hydrogen-bond donors (Lipinski definition) is 1. The zero-order chi connectivity index (χ0) is 16.2. The Hall–Kier alpha value is -1.44. The van der Waals surface area contributed by atoms with Gasteiger partial charge in [0.1, 0.15) is 0 Å². The van der Waals surface area contributed by atoms with Crippen molar-refractivity contribution in [2.75, 3.05) is 25.4 Å². The molecule has 1 aromatic rings. The van der Waals surface area contributed by atoms with Gasteiger partial charge in [0.25, 0.3) is 0 Å². The molecule has 0 aromatic heterocycles. The summed E-state index contributed by atoms with van der Waals surface area (Å²) >= 11 is 0. The van der Waals surface area contributed by atoms with E-state index >= 15 is 0 Å². The van der Waals surface area contributed by atoms with Crippen molar-refractivity contribution in [3.05, 3.63) is 35.9 Å². The van der Waals surface area contributed by atoms with Gasteiger partial charge in [-0.05, 0) is 18.9 Å². The second-order valence-electron chi connectivity index (χ2n) is 5.80. The average Bonchev–Trinajstić information content (AvgIpc) is 2.90. The van der Waals surface area contributed by atoms with Gasteiger partial charge in [-0.15, -0.1) is 0 Å². The smallest absolute Gasteiger partial charge is 0.310 e. The van der Waals surface area contributed by atoms with Gasteiger partial charge in [-0.3, -0.25) is 4.79 Å². The Balaban J connectivity index is 1.81. The Morgan fingerprint density at radius 1 is 1.36 bits per heavy atom. The van der Waals surface area contributed by atoms with E-state index in [2.05, 4.69) is 0 Å². The normalized spacial score (nSPS) is 22.8. The minimum atomic E-state index is -3.47. The zero-order valence-corrected chi connectivity index (χ0v) is 13.4. The SMILES string of the molecule is CC1(C(=O)O)CCN(S(=O)(=O)CCOCc2ccccc2)C1. The number of benzene rings is 1. The summed E-state index contributed by atoms with van der Waals surface area (Å²) in [7, 11) is -3.47. The molecule has 0 bridgehead atoms. The molecule has 1 fully saturated rings. The molecule has 7 heteroatoms. The van der Waals surface area contributed by atoms with Crippen LogP contribution >= 0.6 is 0 Å². The maximum atomic E-state index is 12.2. The minimum Gasteiger partial charge on any atom is -0.481 e. The van der Waals surface area contributed by atoms with Crippen LogP contribution in [0.5, 0.6) is 0 Å². The van der Waals surface area contributed by atoms with Gasteiger partial charge in [0.05, 0.1) is 24.4 Å². The Kier molecular flexibility index (Phi) is 5.20. The van der Waals surface area contributed by atoms with Crippen molar-refractivity contribution in [2.24, 2.45) is 5.41 Å². The van der Waals surface area contributed by atoms with E-state index in [1.807, 2.05) is 30.3 Å². The summed E-state index contributed by atoms with van der Waals surface area (Å²) in [4.78, 5) is 11.2. The molecule has 0 spiro atoms. The highest BCUT2D eigenvalue weighted by molar-refractivity contribution is 7.89. The molecule has 1 atom stereocenters. The van der Waals surface area contributed by atoms with Crippen LogP contribution in [0.4, 0.5) is 0 Å². The molecular formula is C15H21NO5S. The first-order valence-electron chi connectivity index (χ1n) is 7.16. The molecule has 1 saturated heterocycles. The number of sulfonamides is 1. The Morgan fingerprint density at radius 3 is 2.64 bits per heavy atom. The summed E-state index contributed by atoms with van der Waals surface area (Å²) in [5.74, 6) is -1.08. The van der Waals surface area contributed by atoms with Crippen LogP contribution in [0.25, 0.3) is 0 Å². The lowest BCUT2D eigenvalue weighted by molar-refractivity contribution is -0.146. The summed E-state index contributed by atoms with van der Waals surface area (Å²) in [6.45, 7) is 2.32. The van der Waals surface area contributed by atoms with Crippen LogP contribution in [-0.4, -0.2) is 49.2 Å². The first-order chi connectivity index (χ1) is 10.3. The predicted molar refractivity (Wildman–Crippen MR) is 81.8 cm³/mol. The molecule has 122 valence electrons. The average molecular weight is 327 g/mol. The maximum absolute atomic E-state index is 12.2. The first-order valence-corrected chi connectivity index (χ1v) is 8.77. The van der Waals surface area contributed by atoms with Crippen molar-refractivity contribution >= 4 is 16.0 Å². The molecule has 1 aromatic carbocycles. The third-order valence-corrected chi connectivity index (χ3v) is 5.73. The van der Waals surface area contributed by atoms with Crippen LogP contribution < -0.4 is 0 Å². The standard InChI is InChI=1S/C15H21NO5S/c1-15(14(17)18)7-8-16(12-15)22(19,20)10-9-21-11-13-5-3-2-4-6-13/h2-6H,7-12H2,1H3,(H,17,18). The lowest BCUT2D eigenvalue weighted by Crippen LogP contribution is -2.36. The fraction of sp³-hybridized carbons (Fsp3) is 0.533. The van der Waals surface area contributed by atoms with Crippen molar-refractivity contribution < 1.29 is 23.1 Å². The number of ether oxygens (including phenoxy) is 1. The van der Waals surface area contributed by atoms with Gasteiger partial charge in [0, 0.05) is 13.1 Å². The number of aliphatic carboxylic acids is 1. The number of nitrogens with zero attached hydrogens (tertiary/aromatic N) is 1. The van der Waals surface area contributed by atoms with Crippen molar-refractivity contribution in [1.82, 2.24) is 4.31 Å². The molecule has 0 radical (unpaired) electrons. The summed E-state index contributed by atoms with van der Waals surface area (Å²) in [5.41, 5.74) is -0.00246. The molecule has 1 aliphatic heterocycles. The summed E-state index contributed by atoms with van der Waals surface area (Å²) in [6, 6.07) is 9.51. The highest BCUT2D eigenvalue weighted by Crippen LogP contribution is 2.31. The third-order valence-electron chi connectivity index (χ3n) is 3.95. The van der Waals surface area contributed by atoms with Crippen molar-refractivity contribution in [3.8, 4) is 0 Å². The number of carboxylic acid groups (broad SMARTS) is 1. The Morgan fingerprint density at radius 2 is 2.05 bits per heavy atom. The van der Waals surface area contributed by atoms with Crippen LogP contribution in [0.2, 0.25) is 0 Å². The zero-order valence-electron chi connectivity index (χ0n) is 12.6. The van der Waals surface area contributed by atoms with E-state index in [-0.39, 0.29) is 25.4 Å². The van der Waals surface area contributed by atoms with Crippen LogP contribution in [0.3, 0.4) is 0 Å². The second-order valence-corrected chi connectivity index (χ2v) is 7.89. The van der Waals surface area contributed by atoms with Gasteiger partial charge in [0.2, 0.25) is 10.0 Å². The molecule has 0 amide bonds. The predicted octanol–water partition coefficient (Wildman–Crippen LogP) is 1.33. The third kappa shape index (κ3) is 4.06. The molecule has 1 unspecified atom stereocenters. The molecular weight excluding hydrogens is 306 g/mol. The quantitative estimate of drug-likeness (QED) is 0.764. The van der Waals surface area contributed by atoms with Crippen LogP contribution in [0.1, 0.15) is 18.9 Å². The molecule has 0 saturated carbocycles. The van der Waals surface area contributed by atoms with E-state index in [0.717, 1.165) is 5.56 Å². The highest BCUT2D eigenvalue weighted by Gasteiger charge is 2.44. The van der Waals surface area contributed by atoms with E-state index < -0.39 is 21.4 Å². The molecule has 1 aliphatic rings. The van der Waals surface area contributed by atoms with Crippen LogP contribution in [-0.2, 0) is 26.2 Å². The van der Waals surface area contributed by atoms with Gasteiger partial charge >= 0.3 is 5.97 Å². The van der Waals surface area contributed by atoms with E-state index in [1.165, 1.54) is 4.31 Å². The summed E-state index contributed by atoms with van der Waals surface area (Å²) in [5, 5.41) is 9.15. The van der Waals surface area contributed by atoms with Gasteiger partial charge in [-0.25, -0.2) is 12.7 Å². The topological polar surface area (TPSA) is 83.9 Å². The monoisotopic (exact) mass is 327 g/mol. The fourth-order valence-corrected chi connectivity index (χ4v) is 3.83. The highest BCUT2D eigenvalue weighted by atomic mass is 32.2. The van der Waals surface area contributed by atoms with Crippen LogP contribution in [0, 0.1) is 5.41 Å². The number of carboxylic acids is 1. The molecule has 6 nitrogen and oxygen atoms in total. The van der Waals surface area contributed by atoms with Crippen LogP contribution in [0.15, 0.2) is 30.3 Å². The van der Waals surface area contributed by atoms with E-state index in [1.54, 1.807) is 6.92 Å². The van der Waals surface area contributed by atoms with Crippen molar-refractivity contribution in [2.45, 2.75) is 20.0 Å². The lowest BCUT2D eigenvalue weighted by atomic mass is 9.90. The molecule has 0 aliphatic carbocycles. The van der Waals surface area contributed by atoms with Gasteiger partial charge in [0.15, 0.2) is 0 Å². The first kappa shape index (κ1) is 16.9. The van der Waals surface area contributed by atoms with E-state index in [9.17, 15) is 13.2 Å². The summed E-state index contributed by atoms with van der Waals surface area (Å²) in [6.07, 6.45) is 0.340. The van der Waals surface area contributed by atoms with Gasteiger partial charge < -0.3 is 9.84 Å². The van der Waals surface area contributed by atoms with E-state index in [4.69, 9.17) is 9.84 Å². The maximum Gasteiger partial charge on any atom is 0.310 e. The molecule has 1 heterocycles. The number of hydrogen-bond acceptors (Lipinski definition) is 4. The number of rotatable bonds is 7. The van der Waals surface area contributed by atoms with Crippen molar-refractivity contribution in [3.63, 3.8) is 0 Å². The van der Waals surface area contributed by atoms with Gasteiger partial charge in [-0.2, -0.15) is 0 Å². The lowest BCUT2D eigenvalue weighted by Gasteiger charge is -2.20. The molecule has 1 N–H and O–H groups in total. The van der Waals surface area contributed by atoms with Gasteiger partial charge in [-0.1, -0.05) is 30.3 Å². The molecule has 22 heavy (non-hydrogen) atoms. The fourth-order valence-electron chi connectivity index (χ4n) is 2.39. The van der Waals surface area contributed by atoms with Crippen molar-refractivity contribution in [1.29, 1.82) is 0 Å². The minimum absolute atomic E-state index is 0.0311. The summed E-state index contributed by atoms with van der Waals surface area (Å²) < 4.78 is 31.1. The largest absolute Gasteiger partial charge is 0.481 e. The number of carbonyl (C=O) groups is 1.